The second-order valence-corrected chi connectivity index (χ2v) is 7.68. The molecule has 20 heavy (non-hydrogen) atoms. The van der Waals surface area contributed by atoms with Gasteiger partial charge in [-0.1, -0.05) is 32.6 Å². The van der Waals surface area contributed by atoms with E-state index >= 15 is 0 Å². The molecule has 120 valence electrons. The average molecular weight is 305 g/mol. The van der Waals surface area contributed by atoms with E-state index in [0.29, 0.717) is 19.1 Å². The van der Waals surface area contributed by atoms with E-state index in [0.717, 1.165) is 32.2 Å². The summed E-state index contributed by atoms with van der Waals surface area (Å²) in [5.74, 6) is 0.291. The van der Waals surface area contributed by atoms with E-state index in [1.807, 2.05) is 13.8 Å². The molecule has 0 aromatic heterocycles. The molecule has 0 aromatic carbocycles. The molecule has 0 heterocycles. The summed E-state index contributed by atoms with van der Waals surface area (Å²) in [5.41, 5.74) is 0. The van der Waals surface area contributed by atoms with E-state index in [-0.39, 0.29) is 5.78 Å². The molecular formula is C15H32NO3P. The van der Waals surface area contributed by atoms with Gasteiger partial charge in [0.05, 0.1) is 13.2 Å². The predicted octanol–water partition coefficient (Wildman–Crippen LogP) is 4.55. The maximum absolute atomic E-state index is 13.1. The Kier molecular flexibility index (Phi) is 9.03. The molecule has 0 saturated heterocycles. The van der Waals surface area contributed by atoms with Gasteiger partial charge < -0.3 is 14.4 Å². The standard InChI is InChI=1S/C15H32NO3P/c1-4-7-13-16-15(14-11-9-8-10-12-14)20(17,18-5-2)19-6-3/h14-16H,4-13H2,1-3H3. The van der Waals surface area contributed by atoms with Gasteiger partial charge in [0, 0.05) is 0 Å². The first-order valence-corrected chi connectivity index (χ1v) is 9.91. The summed E-state index contributed by atoms with van der Waals surface area (Å²) in [6, 6.07) is 0. The lowest BCUT2D eigenvalue weighted by Crippen LogP contribution is -2.39. The van der Waals surface area contributed by atoms with Crippen LogP contribution in [0, 0.1) is 5.92 Å². The maximum atomic E-state index is 13.1. The van der Waals surface area contributed by atoms with Crippen LogP contribution in [0.5, 0.6) is 0 Å². The summed E-state index contributed by atoms with van der Waals surface area (Å²) in [7, 11) is -3.05. The normalized spacial score (nSPS) is 19.1. The molecule has 1 atom stereocenters. The van der Waals surface area contributed by atoms with Gasteiger partial charge in [-0.05, 0) is 45.6 Å². The van der Waals surface area contributed by atoms with Gasteiger partial charge in [0.25, 0.3) is 0 Å². The Morgan fingerprint density at radius 2 is 1.70 bits per heavy atom. The van der Waals surface area contributed by atoms with Crippen LogP contribution in [0.2, 0.25) is 0 Å². The van der Waals surface area contributed by atoms with Crippen LogP contribution in [-0.4, -0.2) is 25.5 Å². The number of unbranched alkanes of at least 4 members (excludes halogenated alkanes) is 1. The molecule has 0 aliphatic heterocycles. The van der Waals surface area contributed by atoms with E-state index in [4.69, 9.17) is 9.05 Å². The van der Waals surface area contributed by atoms with Crippen LogP contribution in [0.3, 0.4) is 0 Å². The molecular weight excluding hydrogens is 273 g/mol. The number of hydrogen-bond acceptors (Lipinski definition) is 4. The Morgan fingerprint density at radius 3 is 2.20 bits per heavy atom. The van der Waals surface area contributed by atoms with Crippen molar-refractivity contribution in [1.82, 2.24) is 5.32 Å². The zero-order chi connectivity index (χ0) is 14.8. The molecule has 1 aliphatic rings. The molecule has 0 radical (unpaired) electrons. The zero-order valence-corrected chi connectivity index (χ0v) is 14.3. The lowest BCUT2D eigenvalue weighted by Gasteiger charge is -2.35. The maximum Gasteiger partial charge on any atom is 0.347 e. The Bertz CT molecular complexity index is 283. The highest BCUT2D eigenvalue weighted by molar-refractivity contribution is 7.54. The molecule has 1 unspecified atom stereocenters. The average Bonchev–Trinajstić information content (AvgIpc) is 2.45. The van der Waals surface area contributed by atoms with Crippen molar-refractivity contribution in [2.24, 2.45) is 5.92 Å². The molecule has 4 nitrogen and oxygen atoms in total. The summed E-state index contributed by atoms with van der Waals surface area (Å²) < 4.78 is 24.3. The van der Waals surface area contributed by atoms with Gasteiger partial charge in [-0.2, -0.15) is 0 Å². The van der Waals surface area contributed by atoms with E-state index in [9.17, 15) is 4.57 Å². The second-order valence-electron chi connectivity index (χ2n) is 5.53. The highest BCUT2D eigenvalue weighted by atomic mass is 31.2. The number of nitrogens with one attached hydrogen (secondary N) is 1. The minimum atomic E-state index is -3.05. The van der Waals surface area contributed by atoms with Gasteiger partial charge in [0.15, 0.2) is 0 Å². The Hall–Kier alpha value is 0.110. The molecule has 1 rings (SSSR count). The van der Waals surface area contributed by atoms with Crippen LogP contribution in [0.25, 0.3) is 0 Å². The molecule has 1 aliphatic carbocycles. The van der Waals surface area contributed by atoms with Gasteiger partial charge in [-0.25, -0.2) is 0 Å². The van der Waals surface area contributed by atoms with Crippen LogP contribution < -0.4 is 5.32 Å². The summed E-state index contributed by atoms with van der Waals surface area (Å²) >= 11 is 0. The fraction of sp³-hybridized carbons (Fsp3) is 1.00. The minimum absolute atomic E-state index is 0.130. The summed E-state index contributed by atoms with van der Waals surface area (Å²) in [6.45, 7) is 7.71. The van der Waals surface area contributed by atoms with Crippen LogP contribution in [0.1, 0.15) is 65.7 Å². The lowest BCUT2D eigenvalue weighted by atomic mass is 9.89. The topological polar surface area (TPSA) is 47.6 Å². The SMILES string of the molecule is CCCCNC(C1CCCCC1)P(=O)(OCC)OCC. The highest BCUT2D eigenvalue weighted by Gasteiger charge is 2.40. The van der Waals surface area contributed by atoms with Gasteiger partial charge in [-0.15, -0.1) is 0 Å². The largest absolute Gasteiger partial charge is 0.347 e. The van der Waals surface area contributed by atoms with E-state index in [2.05, 4.69) is 12.2 Å². The van der Waals surface area contributed by atoms with Crippen LogP contribution >= 0.6 is 7.60 Å². The third-order valence-corrected chi connectivity index (χ3v) is 6.46. The molecule has 0 bridgehead atoms. The Labute approximate surface area is 124 Å². The quantitative estimate of drug-likeness (QED) is 0.475. The van der Waals surface area contributed by atoms with Crippen molar-refractivity contribution < 1.29 is 13.6 Å². The summed E-state index contributed by atoms with van der Waals surface area (Å²) in [4.78, 5) is 0. The van der Waals surface area contributed by atoms with Crippen molar-refractivity contribution in [3.05, 3.63) is 0 Å². The zero-order valence-electron chi connectivity index (χ0n) is 13.4. The van der Waals surface area contributed by atoms with E-state index in [1.165, 1.54) is 19.3 Å². The Morgan fingerprint density at radius 1 is 1.10 bits per heavy atom. The van der Waals surface area contributed by atoms with Crippen molar-refractivity contribution in [3.63, 3.8) is 0 Å². The van der Waals surface area contributed by atoms with Gasteiger partial charge >= 0.3 is 7.60 Å². The van der Waals surface area contributed by atoms with Crippen molar-refractivity contribution in [3.8, 4) is 0 Å². The van der Waals surface area contributed by atoms with Crippen LogP contribution in [-0.2, 0) is 13.6 Å². The smallest absolute Gasteiger partial charge is 0.308 e. The molecule has 1 fully saturated rings. The molecule has 1 saturated carbocycles. The Balaban J connectivity index is 2.78. The van der Waals surface area contributed by atoms with Crippen molar-refractivity contribution in [2.45, 2.75) is 71.5 Å². The number of rotatable bonds is 10. The van der Waals surface area contributed by atoms with Crippen LogP contribution in [0.15, 0.2) is 0 Å². The first-order chi connectivity index (χ1) is 9.68. The molecule has 1 N–H and O–H groups in total. The third-order valence-electron chi connectivity index (χ3n) is 3.94. The van der Waals surface area contributed by atoms with Crippen molar-refractivity contribution in [1.29, 1.82) is 0 Å². The van der Waals surface area contributed by atoms with Crippen LogP contribution in [0.4, 0.5) is 0 Å². The van der Waals surface area contributed by atoms with Gasteiger partial charge in [-0.3, -0.25) is 4.57 Å². The number of hydrogen-bond donors (Lipinski definition) is 1. The molecule has 5 heteroatoms. The fourth-order valence-electron chi connectivity index (χ4n) is 2.97. The van der Waals surface area contributed by atoms with Crippen molar-refractivity contribution >= 4 is 7.60 Å². The summed E-state index contributed by atoms with van der Waals surface area (Å²) in [6.07, 6.45) is 8.26. The monoisotopic (exact) mass is 305 g/mol. The molecule has 0 aromatic rings. The minimum Gasteiger partial charge on any atom is -0.308 e. The van der Waals surface area contributed by atoms with Gasteiger partial charge in [0.2, 0.25) is 0 Å². The van der Waals surface area contributed by atoms with E-state index < -0.39 is 7.60 Å². The fourth-order valence-corrected chi connectivity index (χ4v) is 5.25. The lowest BCUT2D eigenvalue weighted by molar-refractivity contribution is 0.186. The van der Waals surface area contributed by atoms with Gasteiger partial charge in [0.1, 0.15) is 5.78 Å². The first kappa shape index (κ1) is 18.2. The van der Waals surface area contributed by atoms with Crippen molar-refractivity contribution in [2.75, 3.05) is 19.8 Å². The highest BCUT2D eigenvalue weighted by Crippen LogP contribution is 2.56. The third kappa shape index (κ3) is 5.48. The molecule has 0 spiro atoms. The first-order valence-electron chi connectivity index (χ1n) is 8.30. The summed E-state index contributed by atoms with van der Waals surface area (Å²) in [5, 5.41) is 3.49. The van der Waals surface area contributed by atoms with E-state index in [1.54, 1.807) is 0 Å². The predicted molar refractivity (Wildman–Crippen MR) is 84.1 cm³/mol. The molecule has 0 amide bonds. The second kappa shape index (κ2) is 9.94.